The van der Waals surface area contributed by atoms with Crippen molar-refractivity contribution in [3.63, 3.8) is 0 Å². The molecule has 2 heterocycles. The molecule has 6 rings (SSSR count). The second kappa shape index (κ2) is 13.9. The van der Waals surface area contributed by atoms with Crippen molar-refractivity contribution in [1.82, 2.24) is 19.8 Å². The van der Waals surface area contributed by atoms with Crippen LogP contribution in [-0.4, -0.2) is 71.5 Å². The highest BCUT2D eigenvalue weighted by Gasteiger charge is 2.62. The van der Waals surface area contributed by atoms with Gasteiger partial charge in [-0.25, -0.2) is 17.6 Å². The fourth-order valence-electron chi connectivity index (χ4n) is 7.34. The van der Waals surface area contributed by atoms with Gasteiger partial charge in [0.15, 0.2) is 0 Å². The van der Waals surface area contributed by atoms with E-state index in [0.29, 0.717) is 30.4 Å². The topological polar surface area (TPSA) is 142 Å². The number of likely N-dealkylation sites (tertiary alicyclic amines) is 1. The molecule has 280 valence electrons. The highest BCUT2D eigenvalue weighted by Crippen LogP contribution is 2.45. The van der Waals surface area contributed by atoms with Gasteiger partial charge < -0.3 is 15.0 Å². The molecule has 2 N–H and O–H groups in total. The van der Waals surface area contributed by atoms with Gasteiger partial charge in [-0.2, -0.15) is 0 Å². The predicted molar refractivity (Wildman–Crippen MR) is 192 cm³/mol. The number of ether oxygens (including phenoxy) is 1. The number of sulfonamides is 1. The Morgan fingerprint density at radius 2 is 1.77 bits per heavy atom. The second-order valence-corrected chi connectivity index (χ2v) is 18.1. The number of hydrogen-bond donors (Lipinski definition) is 2. The van der Waals surface area contributed by atoms with Crippen LogP contribution in [-0.2, 0) is 54.1 Å². The molecule has 11 nitrogen and oxygen atoms in total. The minimum atomic E-state index is -3.89. The quantitative estimate of drug-likeness (QED) is 0.318. The Kier molecular flexibility index (Phi) is 10.1. The van der Waals surface area contributed by atoms with Gasteiger partial charge in [0, 0.05) is 30.4 Å². The van der Waals surface area contributed by atoms with Crippen molar-refractivity contribution in [2.75, 3.05) is 6.54 Å². The molecule has 1 saturated heterocycles. The summed E-state index contributed by atoms with van der Waals surface area (Å²) in [6.07, 6.45) is 1.39. The number of benzene rings is 2. The molecule has 0 unspecified atom stereocenters. The molecular weight excluding hydrogens is 688 g/mol. The Labute approximate surface area is 305 Å². The first-order valence-corrected chi connectivity index (χ1v) is 19.6. The average molecular weight is 737 g/mol. The van der Waals surface area contributed by atoms with Crippen molar-refractivity contribution >= 4 is 33.8 Å². The molecule has 2 aromatic carbocycles. The van der Waals surface area contributed by atoms with Crippen LogP contribution in [0.5, 0.6) is 0 Å². The summed E-state index contributed by atoms with van der Waals surface area (Å²) in [5, 5.41) is 2.15. The first-order chi connectivity index (χ1) is 24.4. The van der Waals surface area contributed by atoms with Crippen LogP contribution in [0.4, 0.5) is 9.18 Å². The number of amides is 4. The van der Waals surface area contributed by atoms with E-state index < -0.39 is 68.5 Å². The van der Waals surface area contributed by atoms with E-state index in [-0.39, 0.29) is 49.7 Å². The summed E-state index contributed by atoms with van der Waals surface area (Å²) in [4.78, 5) is 58.3. The maximum absolute atomic E-state index is 14.5. The number of hydrogen-bond acceptors (Lipinski definition) is 7. The molecule has 0 aromatic heterocycles. The predicted octanol–water partition coefficient (Wildman–Crippen LogP) is 4.73. The number of fused-ring (bicyclic) bond motifs is 1. The first-order valence-electron chi connectivity index (χ1n) is 18.1. The number of nitrogens with zero attached hydrogens (tertiary/aromatic N) is 2. The molecule has 0 bridgehead atoms. The van der Waals surface area contributed by atoms with Crippen LogP contribution in [0.3, 0.4) is 0 Å². The van der Waals surface area contributed by atoms with Gasteiger partial charge in [-0.1, -0.05) is 77.1 Å². The third-order valence-corrected chi connectivity index (χ3v) is 12.8. The van der Waals surface area contributed by atoms with E-state index in [1.165, 1.54) is 21.9 Å². The lowest BCUT2D eigenvalue weighted by Crippen LogP contribution is -2.57. The van der Waals surface area contributed by atoms with Crippen molar-refractivity contribution in [2.45, 2.75) is 108 Å². The van der Waals surface area contributed by atoms with Crippen LogP contribution < -0.4 is 10.0 Å². The van der Waals surface area contributed by atoms with Gasteiger partial charge in [0.05, 0.1) is 18.3 Å². The van der Waals surface area contributed by atoms with Crippen LogP contribution in [0.2, 0.25) is 0 Å². The molecule has 2 aliphatic heterocycles. The van der Waals surface area contributed by atoms with Crippen molar-refractivity contribution in [1.29, 1.82) is 0 Å². The second-order valence-electron chi connectivity index (χ2n) is 16.2. The summed E-state index contributed by atoms with van der Waals surface area (Å²) in [7, 11) is -3.89. The first kappa shape index (κ1) is 37.5. The summed E-state index contributed by atoms with van der Waals surface area (Å²) >= 11 is 0. The Morgan fingerprint density at radius 3 is 2.35 bits per heavy atom. The Balaban J connectivity index is 1.23. The fraction of sp³-hybridized carbons (Fsp3) is 0.538. The van der Waals surface area contributed by atoms with E-state index in [9.17, 15) is 32.0 Å². The highest BCUT2D eigenvalue weighted by atomic mass is 32.2. The Hall–Kier alpha value is -4.26. The van der Waals surface area contributed by atoms with Crippen molar-refractivity contribution < 1.29 is 36.7 Å². The molecule has 0 radical (unpaired) electrons. The molecule has 4 aliphatic rings. The molecule has 0 spiro atoms. The molecule has 2 saturated carbocycles. The van der Waals surface area contributed by atoms with E-state index in [2.05, 4.69) is 49.5 Å². The summed E-state index contributed by atoms with van der Waals surface area (Å²) < 4.78 is 47.8. The van der Waals surface area contributed by atoms with Gasteiger partial charge in [0.1, 0.15) is 23.5 Å². The van der Waals surface area contributed by atoms with E-state index in [0.717, 1.165) is 11.1 Å². The zero-order chi connectivity index (χ0) is 37.7. The van der Waals surface area contributed by atoms with Gasteiger partial charge >= 0.3 is 6.09 Å². The number of nitrogens with one attached hydrogen (secondary N) is 2. The number of rotatable bonds is 11. The van der Waals surface area contributed by atoms with Crippen LogP contribution in [0.25, 0.3) is 0 Å². The molecule has 13 heteroatoms. The summed E-state index contributed by atoms with van der Waals surface area (Å²) in [5.74, 6) is -3.34. The maximum Gasteiger partial charge on any atom is 0.410 e. The van der Waals surface area contributed by atoms with Crippen LogP contribution >= 0.6 is 0 Å². The maximum atomic E-state index is 14.5. The normalized spacial score (nSPS) is 24.6. The highest BCUT2D eigenvalue weighted by molar-refractivity contribution is 7.91. The van der Waals surface area contributed by atoms with Gasteiger partial charge in [-0.15, -0.1) is 6.58 Å². The fourth-order valence-corrected chi connectivity index (χ4v) is 8.70. The molecular formula is C39H49FN4O7S. The monoisotopic (exact) mass is 736 g/mol. The SMILES string of the molecule is C=C[C@@H]1C[C@]1(NC(=O)[C@@H]1C[C@@H](OC(=O)N2Cc3cccc(F)c3C2)CN1C(=O)[C@@H](Cc1ccc(C(C)(C)C)cc1)C(C)C)C(=O)NS(=O)(=O)C1CC1. The van der Waals surface area contributed by atoms with E-state index in [1.807, 2.05) is 26.0 Å². The zero-order valence-electron chi connectivity index (χ0n) is 30.5. The molecule has 52 heavy (non-hydrogen) atoms. The minimum absolute atomic E-state index is 0.0356. The van der Waals surface area contributed by atoms with E-state index >= 15 is 0 Å². The van der Waals surface area contributed by atoms with Gasteiger partial charge in [-0.3, -0.25) is 24.0 Å². The molecule has 2 aromatic rings. The van der Waals surface area contributed by atoms with Crippen LogP contribution in [0, 0.1) is 23.6 Å². The lowest BCUT2D eigenvalue weighted by atomic mass is 9.84. The summed E-state index contributed by atoms with van der Waals surface area (Å²) in [5.41, 5.74) is 1.65. The lowest BCUT2D eigenvalue weighted by molar-refractivity contribution is -0.143. The largest absolute Gasteiger partial charge is 0.444 e. The van der Waals surface area contributed by atoms with Crippen LogP contribution in [0.15, 0.2) is 55.1 Å². The number of halogens is 1. The molecule has 2 aliphatic carbocycles. The van der Waals surface area contributed by atoms with E-state index in [4.69, 9.17) is 4.74 Å². The third kappa shape index (κ3) is 7.60. The van der Waals surface area contributed by atoms with Crippen LogP contribution in [0.1, 0.15) is 82.6 Å². The van der Waals surface area contributed by atoms with Gasteiger partial charge in [0.25, 0.3) is 5.91 Å². The Morgan fingerprint density at radius 1 is 1.08 bits per heavy atom. The van der Waals surface area contributed by atoms with Crippen molar-refractivity contribution in [3.8, 4) is 0 Å². The molecule has 4 amide bonds. The average Bonchev–Trinajstić information content (AvgIpc) is 3.97. The van der Waals surface area contributed by atoms with Gasteiger partial charge in [-0.05, 0) is 59.8 Å². The number of carbonyl (C=O) groups is 4. The Bertz CT molecular complexity index is 1870. The van der Waals surface area contributed by atoms with E-state index in [1.54, 1.807) is 12.1 Å². The van der Waals surface area contributed by atoms with Crippen molar-refractivity contribution in [2.24, 2.45) is 17.8 Å². The third-order valence-electron chi connectivity index (χ3n) is 10.9. The smallest absolute Gasteiger partial charge is 0.410 e. The standard InChI is InChI=1S/C39H49FN4O7S/c1-7-26-19-39(26,36(47)42-52(49,50)29-15-16-29)41-34(45)33-18-28(51-37(48)43-20-25-9-8-10-32(40)31(25)22-43)21-44(33)35(46)30(23(2)3)17-24-11-13-27(14-12-24)38(4,5)6/h7-14,23,26,28-30,33H,1,15-22H2,2-6H3,(H,41,45)(H,42,47)/t26-,28-,30+,33+,39-/m1/s1. The van der Waals surface area contributed by atoms with Crippen molar-refractivity contribution in [3.05, 3.63) is 83.2 Å². The number of carbonyl (C=O) groups excluding carboxylic acids is 4. The molecule has 3 fully saturated rings. The zero-order valence-corrected chi connectivity index (χ0v) is 31.3. The lowest BCUT2D eigenvalue weighted by Gasteiger charge is -2.31. The van der Waals surface area contributed by atoms with Gasteiger partial charge in [0.2, 0.25) is 21.8 Å². The summed E-state index contributed by atoms with van der Waals surface area (Å²) in [6, 6.07) is 11.7. The molecule has 5 atom stereocenters. The minimum Gasteiger partial charge on any atom is -0.444 e. The summed E-state index contributed by atoms with van der Waals surface area (Å²) in [6.45, 7) is 14.2.